The molecule has 0 aromatic rings. The van der Waals surface area contributed by atoms with Gasteiger partial charge in [0.15, 0.2) is 5.76 Å². The predicted molar refractivity (Wildman–Crippen MR) is 48.2 cm³/mol. The van der Waals surface area contributed by atoms with Gasteiger partial charge in [0.2, 0.25) is 0 Å². The molecule has 0 radical (unpaired) electrons. The summed E-state index contributed by atoms with van der Waals surface area (Å²) in [7, 11) is 0. The molecule has 0 atom stereocenters. The average molecular weight is 188 g/mol. The highest BCUT2D eigenvalue weighted by Crippen LogP contribution is 1.96. The third-order valence-electron chi connectivity index (χ3n) is 1.21. The van der Waals surface area contributed by atoms with Crippen molar-refractivity contribution < 1.29 is 19.0 Å². The summed E-state index contributed by atoms with van der Waals surface area (Å²) in [5.74, 6) is -0.486. The van der Waals surface area contributed by atoms with Crippen LogP contribution in [-0.2, 0) is 19.0 Å². The van der Waals surface area contributed by atoms with E-state index in [0.717, 1.165) is 0 Å². The third kappa shape index (κ3) is 6.16. The van der Waals surface area contributed by atoms with Crippen LogP contribution in [0.2, 0.25) is 0 Å². The Hall–Kier alpha value is -1.03. The summed E-state index contributed by atoms with van der Waals surface area (Å²) in [6.07, 6.45) is 0. The predicted octanol–water partition coefficient (Wildman–Crippen LogP) is 1.12. The first-order valence-electron chi connectivity index (χ1n) is 4.28. The van der Waals surface area contributed by atoms with Crippen molar-refractivity contribution in [1.29, 1.82) is 0 Å². The molecule has 0 amide bonds. The van der Waals surface area contributed by atoms with E-state index < -0.39 is 5.97 Å². The Morgan fingerprint density at radius 1 is 1.15 bits per heavy atom. The van der Waals surface area contributed by atoms with Crippen LogP contribution < -0.4 is 0 Å². The van der Waals surface area contributed by atoms with E-state index in [2.05, 4.69) is 6.58 Å². The molecule has 0 saturated carbocycles. The first-order valence-corrected chi connectivity index (χ1v) is 4.28. The van der Waals surface area contributed by atoms with Crippen LogP contribution in [-0.4, -0.2) is 32.4 Å². The molecule has 13 heavy (non-hydrogen) atoms. The van der Waals surface area contributed by atoms with Crippen LogP contribution in [0.15, 0.2) is 12.3 Å². The van der Waals surface area contributed by atoms with E-state index >= 15 is 0 Å². The van der Waals surface area contributed by atoms with Gasteiger partial charge in [-0.3, -0.25) is 0 Å². The Labute approximate surface area is 78.5 Å². The molecule has 0 heterocycles. The smallest absolute Gasteiger partial charge is 0.373 e. The molecular formula is C9H16O4. The summed E-state index contributed by atoms with van der Waals surface area (Å²) >= 11 is 0. The molecule has 0 aliphatic heterocycles. The second kappa shape index (κ2) is 7.61. The topological polar surface area (TPSA) is 44.8 Å². The molecule has 0 saturated heterocycles. The van der Waals surface area contributed by atoms with Crippen LogP contribution in [0.25, 0.3) is 0 Å². The second-order valence-electron chi connectivity index (χ2n) is 2.19. The first kappa shape index (κ1) is 12.0. The lowest BCUT2D eigenvalue weighted by Crippen LogP contribution is -2.13. The number of rotatable bonds is 7. The van der Waals surface area contributed by atoms with E-state index in [1.165, 1.54) is 0 Å². The maximum atomic E-state index is 11.0. The van der Waals surface area contributed by atoms with E-state index in [-0.39, 0.29) is 12.4 Å². The van der Waals surface area contributed by atoms with Crippen molar-refractivity contribution in [3.8, 4) is 0 Å². The average Bonchev–Trinajstić information content (AvgIpc) is 2.12. The zero-order valence-corrected chi connectivity index (χ0v) is 8.17. The third-order valence-corrected chi connectivity index (χ3v) is 1.21. The summed E-state index contributed by atoms with van der Waals surface area (Å²) in [5, 5.41) is 0. The van der Waals surface area contributed by atoms with Gasteiger partial charge in [-0.2, -0.15) is 0 Å². The molecule has 0 aromatic heterocycles. The monoisotopic (exact) mass is 188 g/mol. The minimum absolute atomic E-state index is 0.0407. The molecule has 0 spiro atoms. The molecule has 0 aliphatic rings. The summed E-state index contributed by atoms with van der Waals surface area (Å²) in [4.78, 5) is 11.0. The van der Waals surface area contributed by atoms with Crippen LogP contribution >= 0.6 is 0 Å². The molecule has 0 bridgehead atoms. The van der Waals surface area contributed by atoms with Gasteiger partial charge < -0.3 is 14.2 Å². The maximum absolute atomic E-state index is 11.0. The Kier molecular flexibility index (Phi) is 7.01. The van der Waals surface area contributed by atoms with Crippen molar-refractivity contribution >= 4 is 5.97 Å². The Balaban J connectivity index is 3.44. The normalized spacial score (nSPS) is 9.38. The van der Waals surface area contributed by atoms with Crippen LogP contribution in [0.3, 0.4) is 0 Å². The van der Waals surface area contributed by atoms with Gasteiger partial charge in [0, 0.05) is 6.61 Å². The number of carbonyl (C=O) groups excluding carboxylic acids is 1. The summed E-state index contributed by atoms with van der Waals surface area (Å²) < 4.78 is 14.6. The van der Waals surface area contributed by atoms with Crippen LogP contribution in [0.1, 0.15) is 13.8 Å². The highest BCUT2D eigenvalue weighted by Gasteiger charge is 2.07. The zero-order valence-electron chi connectivity index (χ0n) is 8.17. The first-order chi connectivity index (χ1) is 6.22. The Morgan fingerprint density at radius 2 is 1.85 bits per heavy atom. The van der Waals surface area contributed by atoms with E-state index in [0.29, 0.717) is 19.8 Å². The van der Waals surface area contributed by atoms with E-state index in [9.17, 15) is 4.79 Å². The molecule has 0 aliphatic carbocycles. The van der Waals surface area contributed by atoms with Gasteiger partial charge in [-0.15, -0.1) is 0 Å². The van der Waals surface area contributed by atoms with Gasteiger partial charge in [0.25, 0.3) is 0 Å². The fourth-order valence-electron chi connectivity index (χ4n) is 0.651. The highest BCUT2D eigenvalue weighted by molar-refractivity contribution is 5.85. The van der Waals surface area contributed by atoms with Crippen molar-refractivity contribution in [3.63, 3.8) is 0 Å². The van der Waals surface area contributed by atoms with Crippen LogP contribution in [0.4, 0.5) is 0 Å². The Morgan fingerprint density at radius 3 is 2.38 bits per heavy atom. The van der Waals surface area contributed by atoms with Crippen molar-refractivity contribution in [3.05, 3.63) is 12.3 Å². The molecule has 0 unspecified atom stereocenters. The lowest BCUT2D eigenvalue weighted by Gasteiger charge is -2.06. The minimum Gasteiger partial charge on any atom is -0.487 e. The number of carbonyl (C=O) groups is 1. The molecule has 0 aromatic carbocycles. The molecule has 4 nitrogen and oxygen atoms in total. The van der Waals surface area contributed by atoms with Crippen molar-refractivity contribution in [2.45, 2.75) is 13.8 Å². The summed E-state index contributed by atoms with van der Waals surface area (Å²) in [6, 6.07) is 0. The van der Waals surface area contributed by atoms with Gasteiger partial charge in [0.05, 0.1) is 13.2 Å². The quantitative estimate of drug-likeness (QED) is 0.260. The number of hydrogen-bond donors (Lipinski definition) is 0. The van der Waals surface area contributed by atoms with E-state index in [1.807, 2.05) is 6.92 Å². The lowest BCUT2D eigenvalue weighted by atomic mass is 10.5. The molecule has 76 valence electrons. The van der Waals surface area contributed by atoms with Gasteiger partial charge in [0.1, 0.15) is 6.61 Å². The van der Waals surface area contributed by atoms with Gasteiger partial charge in [-0.05, 0) is 20.4 Å². The maximum Gasteiger partial charge on any atom is 0.373 e. The number of ether oxygens (including phenoxy) is 3. The summed E-state index contributed by atoms with van der Waals surface area (Å²) in [5.41, 5.74) is 0. The highest BCUT2D eigenvalue weighted by atomic mass is 16.6. The van der Waals surface area contributed by atoms with Crippen molar-refractivity contribution in [2.24, 2.45) is 0 Å². The fourth-order valence-corrected chi connectivity index (χ4v) is 0.651. The van der Waals surface area contributed by atoms with Gasteiger partial charge >= 0.3 is 5.97 Å². The molecule has 0 rings (SSSR count). The van der Waals surface area contributed by atoms with E-state index in [4.69, 9.17) is 14.2 Å². The molecule has 0 N–H and O–H groups in total. The van der Waals surface area contributed by atoms with Crippen LogP contribution in [0.5, 0.6) is 0 Å². The lowest BCUT2D eigenvalue weighted by molar-refractivity contribution is -0.144. The molecular weight excluding hydrogens is 172 g/mol. The minimum atomic E-state index is -0.526. The number of hydrogen-bond acceptors (Lipinski definition) is 4. The Bertz CT molecular complexity index is 165. The summed E-state index contributed by atoms with van der Waals surface area (Å²) in [6.45, 7) is 8.73. The molecule has 0 fully saturated rings. The largest absolute Gasteiger partial charge is 0.487 e. The van der Waals surface area contributed by atoms with E-state index in [1.54, 1.807) is 6.92 Å². The van der Waals surface area contributed by atoms with Gasteiger partial charge in [-0.1, -0.05) is 0 Å². The van der Waals surface area contributed by atoms with Crippen LogP contribution in [0, 0.1) is 0 Å². The molecule has 4 heteroatoms. The standard InChI is InChI=1S/C9H16O4/c1-4-11-6-7-13-9(10)8(3)12-5-2/h3-7H2,1-2H3. The fraction of sp³-hybridized carbons (Fsp3) is 0.667. The van der Waals surface area contributed by atoms with Crippen molar-refractivity contribution in [1.82, 2.24) is 0 Å². The SMILES string of the molecule is C=C(OCC)C(=O)OCCOCC. The zero-order chi connectivity index (χ0) is 10.1. The second-order valence-corrected chi connectivity index (χ2v) is 2.19. The van der Waals surface area contributed by atoms with Crippen molar-refractivity contribution in [2.75, 3.05) is 26.4 Å². The van der Waals surface area contributed by atoms with Gasteiger partial charge in [-0.25, -0.2) is 4.79 Å². The number of esters is 1.